The fourth-order valence-electron chi connectivity index (χ4n) is 4.13. The Kier molecular flexibility index (Phi) is 3.14. The van der Waals surface area contributed by atoms with Crippen molar-refractivity contribution in [3.8, 4) is 0 Å². The molecule has 4 rings (SSSR count). The van der Waals surface area contributed by atoms with E-state index in [0.29, 0.717) is 30.6 Å². The molecule has 0 aromatic carbocycles. The lowest BCUT2D eigenvalue weighted by molar-refractivity contribution is 0.0767. The summed E-state index contributed by atoms with van der Waals surface area (Å²) in [6.45, 7) is 4.67. The van der Waals surface area contributed by atoms with Gasteiger partial charge in [-0.25, -0.2) is 0 Å². The van der Waals surface area contributed by atoms with E-state index in [4.69, 9.17) is 9.26 Å². The van der Waals surface area contributed by atoms with Crippen molar-refractivity contribution >= 4 is 5.96 Å². The number of guanidine groups is 1. The van der Waals surface area contributed by atoms with Gasteiger partial charge in [-0.3, -0.25) is 4.99 Å². The number of ether oxygens (including phenoxy) is 1. The molecule has 114 valence electrons. The molecule has 2 bridgehead atoms. The fraction of sp³-hybridized carbons (Fsp3) is 0.733. The highest BCUT2D eigenvalue weighted by Crippen LogP contribution is 2.47. The number of aliphatic imine (C=N–C) groups is 1. The second-order valence-electron chi connectivity index (χ2n) is 6.36. The minimum Gasteiger partial charge on any atom is -0.374 e. The van der Waals surface area contributed by atoms with E-state index >= 15 is 0 Å². The lowest BCUT2D eigenvalue weighted by Gasteiger charge is -2.22. The maximum absolute atomic E-state index is 6.02. The van der Waals surface area contributed by atoms with Gasteiger partial charge in [0, 0.05) is 38.0 Å². The third-order valence-corrected chi connectivity index (χ3v) is 5.06. The molecule has 6 nitrogen and oxygen atoms in total. The summed E-state index contributed by atoms with van der Waals surface area (Å²) in [5, 5.41) is 7.29. The normalized spacial score (nSPS) is 34.6. The van der Waals surface area contributed by atoms with Gasteiger partial charge in [0.05, 0.1) is 24.4 Å². The third-order valence-electron chi connectivity index (χ3n) is 5.06. The summed E-state index contributed by atoms with van der Waals surface area (Å²) in [4.78, 5) is 6.79. The number of rotatable bonds is 2. The summed E-state index contributed by atoms with van der Waals surface area (Å²) in [5.41, 5.74) is 0.909. The van der Waals surface area contributed by atoms with Crippen LogP contribution in [0.15, 0.2) is 15.6 Å². The third kappa shape index (κ3) is 2.21. The van der Waals surface area contributed by atoms with Crippen LogP contribution < -0.4 is 5.32 Å². The molecule has 0 spiro atoms. The average molecular weight is 290 g/mol. The fourth-order valence-corrected chi connectivity index (χ4v) is 4.13. The second kappa shape index (κ2) is 5.02. The summed E-state index contributed by atoms with van der Waals surface area (Å²) < 4.78 is 11.3. The van der Waals surface area contributed by atoms with Gasteiger partial charge in [0.1, 0.15) is 0 Å². The Labute approximate surface area is 124 Å². The van der Waals surface area contributed by atoms with Crippen molar-refractivity contribution in [1.82, 2.24) is 15.4 Å². The van der Waals surface area contributed by atoms with Crippen LogP contribution in [0.3, 0.4) is 0 Å². The van der Waals surface area contributed by atoms with Gasteiger partial charge >= 0.3 is 0 Å². The molecule has 3 aliphatic rings. The molecule has 4 unspecified atom stereocenters. The summed E-state index contributed by atoms with van der Waals surface area (Å²) in [7, 11) is 1.84. The number of hydrogen-bond donors (Lipinski definition) is 1. The summed E-state index contributed by atoms with van der Waals surface area (Å²) in [6.07, 6.45) is 3.45. The van der Waals surface area contributed by atoms with Crippen LogP contribution in [0.2, 0.25) is 0 Å². The molecule has 0 radical (unpaired) electrons. The van der Waals surface area contributed by atoms with Gasteiger partial charge in [-0.05, 0) is 19.8 Å². The number of nitrogens with zero attached hydrogens (tertiary/aromatic N) is 3. The van der Waals surface area contributed by atoms with Gasteiger partial charge in [0.2, 0.25) is 0 Å². The molecule has 1 aromatic rings. The monoisotopic (exact) mass is 290 g/mol. The van der Waals surface area contributed by atoms with Crippen LogP contribution in [0.4, 0.5) is 0 Å². The first-order valence-electron chi connectivity index (χ1n) is 7.78. The number of nitrogens with one attached hydrogen (secondary N) is 1. The molecule has 3 aliphatic heterocycles. The highest BCUT2D eigenvalue weighted by Gasteiger charge is 2.53. The molecule has 21 heavy (non-hydrogen) atoms. The molecule has 3 saturated heterocycles. The van der Waals surface area contributed by atoms with E-state index in [9.17, 15) is 0 Å². The molecular weight excluding hydrogens is 268 g/mol. The lowest BCUT2D eigenvalue weighted by atomic mass is 9.82. The lowest BCUT2D eigenvalue weighted by Crippen LogP contribution is -2.40. The summed E-state index contributed by atoms with van der Waals surface area (Å²) in [5.74, 6) is 3.18. The van der Waals surface area contributed by atoms with Crippen LogP contribution in [0.25, 0.3) is 0 Å². The smallest absolute Gasteiger partial charge is 0.194 e. The molecule has 0 aliphatic carbocycles. The Bertz CT molecular complexity index is 538. The average Bonchev–Trinajstić information content (AvgIpc) is 3.20. The molecule has 0 saturated carbocycles. The number of hydrogen-bond acceptors (Lipinski definition) is 4. The molecule has 6 heteroatoms. The number of aromatic nitrogens is 1. The van der Waals surface area contributed by atoms with E-state index < -0.39 is 0 Å². The topological polar surface area (TPSA) is 62.9 Å². The second-order valence-corrected chi connectivity index (χ2v) is 6.36. The van der Waals surface area contributed by atoms with Crippen molar-refractivity contribution < 1.29 is 9.26 Å². The zero-order valence-electron chi connectivity index (χ0n) is 12.6. The highest BCUT2D eigenvalue weighted by molar-refractivity contribution is 5.80. The number of likely N-dealkylation sites (tertiary alicyclic amines) is 1. The van der Waals surface area contributed by atoms with Crippen LogP contribution in [0, 0.1) is 18.8 Å². The molecule has 1 N–H and O–H groups in total. The van der Waals surface area contributed by atoms with Crippen LogP contribution >= 0.6 is 0 Å². The van der Waals surface area contributed by atoms with E-state index in [2.05, 4.69) is 20.4 Å². The standard InChI is InChI=1S/C15H22N4O2/c1-9-5-10(21-18-9)6-17-15(16-2)19-7-11-12(8-19)14-4-3-13(11)20-14/h5,11-14H,3-4,6-8H2,1-2H3,(H,16,17). The van der Waals surface area contributed by atoms with Gasteiger partial charge < -0.3 is 19.5 Å². The van der Waals surface area contributed by atoms with E-state index in [1.54, 1.807) is 0 Å². The Balaban J connectivity index is 1.39. The van der Waals surface area contributed by atoms with E-state index in [1.165, 1.54) is 12.8 Å². The predicted octanol–water partition coefficient (Wildman–Crippen LogP) is 1.17. The van der Waals surface area contributed by atoms with Gasteiger partial charge in [-0.2, -0.15) is 0 Å². The zero-order chi connectivity index (χ0) is 14.4. The number of fused-ring (bicyclic) bond motifs is 5. The van der Waals surface area contributed by atoms with Crippen LogP contribution in [0.1, 0.15) is 24.3 Å². The summed E-state index contributed by atoms with van der Waals surface area (Å²) >= 11 is 0. The Morgan fingerprint density at radius 2 is 2.10 bits per heavy atom. The van der Waals surface area contributed by atoms with Crippen LogP contribution in [-0.2, 0) is 11.3 Å². The van der Waals surface area contributed by atoms with E-state index in [1.807, 2.05) is 20.0 Å². The Hall–Kier alpha value is -1.56. The van der Waals surface area contributed by atoms with Crippen molar-refractivity contribution in [1.29, 1.82) is 0 Å². The molecule has 4 heterocycles. The van der Waals surface area contributed by atoms with Crippen molar-refractivity contribution in [3.05, 3.63) is 17.5 Å². The molecular formula is C15H22N4O2. The van der Waals surface area contributed by atoms with Crippen LogP contribution in [0.5, 0.6) is 0 Å². The first kappa shape index (κ1) is 13.1. The maximum Gasteiger partial charge on any atom is 0.194 e. The molecule has 4 atom stereocenters. The first-order valence-corrected chi connectivity index (χ1v) is 7.78. The van der Waals surface area contributed by atoms with Crippen molar-refractivity contribution in [2.45, 2.75) is 38.5 Å². The van der Waals surface area contributed by atoms with Gasteiger partial charge in [0.25, 0.3) is 0 Å². The molecule has 3 fully saturated rings. The molecule has 0 amide bonds. The molecule has 1 aromatic heterocycles. The van der Waals surface area contributed by atoms with Gasteiger partial charge in [-0.1, -0.05) is 5.16 Å². The summed E-state index contributed by atoms with van der Waals surface area (Å²) in [6, 6.07) is 1.95. The van der Waals surface area contributed by atoms with E-state index in [-0.39, 0.29) is 0 Å². The minimum absolute atomic E-state index is 0.486. The van der Waals surface area contributed by atoms with E-state index in [0.717, 1.165) is 30.5 Å². The predicted molar refractivity (Wildman–Crippen MR) is 77.9 cm³/mol. The quantitative estimate of drug-likeness (QED) is 0.654. The first-order chi connectivity index (χ1) is 10.2. The van der Waals surface area contributed by atoms with Crippen LogP contribution in [-0.4, -0.2) is 48.4 Å². The Morgan fingerprint density at radius 3 is 2.67 bits per heavy atom. The maximum atomic E-state index is 6.02. The minimum atomic E-state index is 0.486. The SMILES string of the molecule is CN=C(NCc1cc(C)no1)N1CC2C3CCC(O3)C2C1. The van der Waals surface area contributed by atoms with Gasteiger partial charge in [0.15, 0.2) is 11.7 Å². The highest BCUT2D eigenvalue weighted by atomic mass is 16.5. The van der Waals surface area contributed by atoms with Crippen molar-refractivity contribution in [3.63, 3.8) is 0 Å². The Morgan fingerprint density at radius 1 is 1.38 bits per heavy atom. The van der Waals surface area contributed by atoms with Crippen molar-refractivity contribution in [2.24, 2.45) is 16.8 Å². The van der Waals surface area contributed by atoms with Gasteiger partial charge in [-0.15, -0.1) is 0 Å². The van der Waals surface area contributed by atoms with Crippen molar-refractivity contribution in [2.75, 3.05) is 20.1 Å². The zero-order valence-corrected chi connectivity index (χ0v) is 12.6. The number of aryl methyl sites for hydroxylation is 1. The largest absolute Gasteiger partial charge is 0.374 e.